The van der Waals surface area contributed by atoms with Gasteiger partial charge in [0.2, 0.25) is 18.0 Å². The third-order valence-corrected chi connectivity index (χ3v) is 7.70. The van der Waals surface area contributed by atoms with Crippen molar-refractivity contribution in [3.63, 3.8) is 0 Å². The molecule has 0 atom stereocenters. The average Bonchev–Trinajstić information content (AvgIpc) is 3.49. The van der Waals surface area contributed by atoms with Gasteiger partial charge in [0.05, 0.1) is 23.1 Å². The normalized spacial score (nSPS) is 15.1. The Morgan fingerprint density at radius 2 is 1.65 bits per heavy atom. The zero-order chi connectivity index (χ0) is 29.9. The second kappa shape index (κ2) is 12.4. The van der Waals surface area contributed by atoms with Gasteiger partial charge in [-0.1, -0.05) is 13.0 Å². The van der Waals surface area contributed by atoms with Gasteiger partial charge < -0.3 is 28.5 Å². The summed E-state index contributed by atoms with van der Waals surface area (Å²) in [7, 11) is 0. The van der Waals surface area contributed by atoms with Crippen molar-refractivity contribution in [3.05, 3.63) is 87.3 Å². The van der Waals surface area contributed by atoms with Gasteiger partial charge in [0.25, 0.3) is 0 Å². The highest BCUT2D eigenvalue weighted by Crippen LogP contribution is 2.34. The standard InChI is InChI=1S/C33H34N2O8/c1-3-16-39-33(38)23-5-7-24(8-6-23)43-31-21(2)42-32-25(30(31)37)9-10-27(36)26(32)19-35-14-12-34(13-15-35)18-22-4-11-28-29(17-22)41-20-40-28/h4-11,17,36H,3,12-16,18-20H2,1-2H3. The molecule has 4 aromatic rings. The Morgan fingerprint density at radius 3 is 2.40 bits per heavy atom. The number of phenols is 1. The molecule has 0 spiro atoms. The smallest absolute Gasteiger partial charge is 0.338 e. The molecular weight excluding hydrogens is 552 g/mol. The molecule has 0 saturated carbocycles. The Labute approximate surface area is 248 Å². The molecule has 224 valence electrons. The molecule has 2 aliphatic rings. The van der Waals surface area contributed by atoms with Gasteiger partial charge in [-0.3, -0.25) is 14.6 Å². The van der Waals surface area contributed by atoms with Gasteiger partial charge in [-0.25, -0.2) is 4.79 Å². The number of benzene rings is 3. The number of hydrogen-bond acceptors (Lipinski definition) is 10. The Hall–Kier alpha value is -4.54. The Balaban J connectivity index is 1.14. The topological polar surface area (TPSA) is 111 Å². The lowest BCUT2D eigenvalue weighted by Crippen LogP contribution is -2.45. The number of fused-ring (bicyclic) bond motifs is 2. The highest BCUT2D eigenvalue weighted by Gasteiger charge is 2.23. The molecule has 3 heterocycles. The Bertz CT molecular complexity index is 1690. The lowest BCUT2D eigenvalue weighted by atomic mass is 10.1. The zero-order valence-electron chi connectivity index (χ0n) is 24.3. The van der Waals surface area contributed by atoms with Crippen LogP contribution in [0.25, 0.3) is 11.0 Å². The van der Waals surface area contributed by atoms with E-state index in [1.165, 1.54) is 11.6 Å². The molecule has 10 heteroatoms. The predicted octanol–water partition coefficient (Wildman–Crippen LogP) is 5.21. The van der Waals surface area contributed by atoms with Crippen molar-refractivity contribution in [1.29, 1.82) is 0 Å². The fourth-order valence-electron chi connectivity index (χ4n) is 5.35. The van der Waals surface area contributed by atoms with Crippen LogP contribution in [-0.4, -0.2) is 60.5 Å². The molecule has 6 rings (SSSR count). The van der Waals surface area contributed by atoms with Crippen molar-refractivity contribution in [1.82, 2.24) is 9.80 Å². The van der Waals surface area contributed by atoms with Crippen LogP contribution in [0.2, 0.25) is 0 Å². The number of esters is 1. The van der Waals surface area contributed by atoms with Crippen molar-refractivity contribution in [2.45, 2.75) is 33.4 Å². The van der Waals surface area contributed by atoms with E-state index >= 15 is 0 Å². The first kappa shape index (κ1) is 28.6. The number of hydrogen-bond donors (Lipinski definition) is 1. The van der Waals surface area contributed by atoms with Crippen molar-refractivity contribution in [2.24, 2.45) is 0 Å². The number of phenolic OH excluding ortho intramolecular Hbond substituents is 1. The molecule has 0 amide bonds. The molecule has 10 nitrogen and oxygen atoms in total. The lowest BCUT2D eigenvalue weighted by Gasteiger charge is -2.34. The van der Waals surface area contributed by atoms with Crippen molar-refractivity contribution in [3.8, 4) is 28.7 Å². The van der Waals surface area contributed by atoms with E-state index in [1.807, 2.05) is 19.1 Å². The van der Waals surface area contributed by atoms with Crippen LogP contribution in [0.15, 0.2) is 63.8 Å². The van der Waals surface area contributed by atoms with Gasteiger partial charge in [-0.05, 0) is 67.4 Å². The van der Waals surface area contributed by atoms with Gasteiger partial charge in [-0.15, -0.1) is 0 Å². The molecule has 2 aliphatic heterocycles. The van der Waals surface area contributed by atoms with Crippen LogP contribution in [0.1, 0.15) is 40.6 Å². The van der Waals surface area contributed by atoms with Crippen LogP contribution in [0.3, 0.4) is 0 Å². The molecule has 0 bridgehead atoms. The summed E-state index contributed by atoms with van der Waals surface area (Å²) >= 11 is 0. The number of piperazine rings is 1. The molecule has 43 heavy (non-hydrogen) atoms. The minimum atomic E-state index is -0.409. The van der Waals surface area contributed by atoms with Gasteiger partial charge in [0.15, 0.2) is 11.5 Å². The second-order valence-electron chi connectivity index (χ2n) is 10.8. The molecule has 1 N–H and O–H groups in total. The quantitative estimate of drug-likeness (QED) is 0.262. The molecular formula is C33H34N2O8. The maximum Gasteiger partial charge on any atom is 0.338 e. The van der Waals surface area contributed by atoms with Crippen LogP contribution < -0.4 is 19.6 Å². The van der Waals surface area contributed by atoms with Gasteiger partial charge in [0, 0.05) is 39.3 Å². The SMILES string of the molecule is CCCOC(=O)c1ccc(Oc2c(C)oc3c(CN4CCN(Cc5ccc6c(c5)OCO6)CC4)c(O)ccc3c2=O)cc1. The number of aromatic hydroxyl groups is 1. The van der Waals surface area contributed by atoms with Crippen molar-refractivity contribution < 1.29 is 33.3 Å². The first-order valence-electron chi connectivity index (χ1n) is 14.5. The average molecular weight is 587 g/mol. The van der Waals surface area contributed by atoms with Crippen LogP contribution >= 0.6 is 0 Å². The molecule has 3 aromatic carbocycles. The number of carbonyl (C=O) groups excluding carboxylic acids is 1. The summed E-state index contributed by atoms with van der Waals surface area (Å²) in [5.41, 5.74) is 2.16. The number of rotatable bonds is 9. The van der Waals surface area contributed by atoms with Crippen molar-refractivity contribution in [2.75, 3.05) is 39.6 Å². The maximum absolute atomic E-state index is 13.5. The second-order valence-corrected chi connectivity index (χ2v) is 10.8. The van der Waals surface area contributed by atoms with Crippen LogP contribution in [0, 0.1) is 6.92 Å². The van der Waals surface area contributed by atoms with Crippen LogP contribution in [0.5, 0.6) is 28.7 Å². The number of nitrogens with zero attached hydrogens (tertiary/aromatic N) is 2. The van der Waals surface area contributed by atoms with E-state index in [-0.39, 0.29) is 23.7 Å². The van der Waals surface area contributed by atoms with Gasteiger partial charge in [0.1, 0.15) is 22.8 Å². The molecule has 1 aromatic heterocycles. The van der Waals surface area contributed by atoms with Crippen molar-refractivity contribution >= 4 is 16.9 Å². The maximum atomic E-state index is 13.5. The van der Waals surface area contributed by atoms with Gasteiger partial charge in [-0.2, -0.15) is 0 Å². The molecule has 0 aliphatic carbocycles. The Morgan fingerprint density at radius 1 is 0.930 bits per heavy atom. The summed E-state index contributed by atoms with van der Waals surface area (Å²) in [5.74, 6) is 1.98. The van der Waals surface area contributed by atoms with E-state index < -0.39 is 5.97 Å². The first-order valence-corrected chi connectivity index (χ1v) is 14.5. The summed E-state index contributed by atoms with van der Waals surface area (Å²) in [4.78, 5) is 30.2. The van der Waals surface area contributed by atoms with E-state index in [0.717, 1.165) is 50.6 Å². The number of carbonyl (C=O) groups is 1. The number of ether oxygens (including phenoxy) is 4. The summed E-state index contributed by atoms with van der Waals surface area (Å²) in [5, 5.41) is 11.1. The molecule has 1 saturated heterocycles. The largest absolute Gasteiger partial charge is 0.507 e. The van der Waals surface area contributed by atoms with Crippen LogP contribution in [0.4, 0.5) is 0 Å². The summed E-state index contributed by atoms with van der Waals surface area (Å²) in [6.45, 7) is 8.77. The number of aryl methyl sites for hydroxylation is 1. The summed E-state index contributed by atoms with van der Waals surface area (Å²) in [6, 6.07) is 15.5. The fraction of sp³-hybridized carbons (Fsp3) is 0.333. The van der Waals surface area contributed by atoms with E-state index in [1.54, 1.807) is 37.3 Å². The highest BCUT2D eigenvalue weighted by atomic mass is 16.7. The minimum Gasteiger partial charge on any atom is -0.507 e. The fourth-order valence-corrected chi connectivity index (χ4v) is 5.35. The van der Waals surface area contributed by atoms with E-state index in [2.05, 4.69) is 15.9 Å². The predicted molar refractivity (Wildman–Crippen MR) is 159 cm³/mol. The Kier molecular flexibility index (Phi) is 8.22. The van der Waals surface area contributed by atoms with Gasteiger partial charge >= 0.3 is 5.97 Å². The third-order valence-electron chi connectivity index (χ3n) is 7.70. The monoisotopic (exact) mass is 586 g/mol. The summed E-state index contributed by atoms with van der Waals surface area (Å²) in [6.07, 6.45) is 0.739. The van der Waals surface area contributed by atoms with E-state index in [9.17, 15) is 14.7 Å². The minimum absolute atomic E-state index is 0.0579. The molecule has 0 unspecified atom stereocenters. The summed E-state index contributed by atoms with van der Waals surface area (Å²) < 4.78 is 28.1. The van der Waals surface area contributed by atoms with E-state index in [0.29, 0.717) is 46.8 Å². The molecule has 1 fully saturated rings. The third kappa shape index (κ3) is 6.16. The highest BCUT2D eigenvalue weighted by molar-refractivity contribution is 5.89. The van der Waals surface area contributed by atoms with Crippen LogP contribution in [-0.2, 0) is 17.8 Å². The molecule has 0 radical (unpaired) electrons. The zero-order valence-corrected chi connectivity index (χ0v) is 24.3. The first-order chi connectivity index (χ1) is 20.9. The lowest BCUT2D eigenvalue weighted by molar-refractivity contribution is 0.0505. The van der Waals surface area contributed by atoms with E-state index in [4.69, 9.17) is 23.4 Å².